The minimum atomic E-state index is -0.772. The number of aliphatic hydroxyl groups excluding tert-OH is 1. The van der Waals surface area contributed by atoms with E-state index in [1.807, 2.05) is 0 Å². The summed E-state index contributed by atoms with van der Waals surface area (Å²) < 4.78 is 5.35. The van der Waals surface area contributed by atoms with Crippen LogP contribution in [0.2, 0.25) is 0 Å². The van der Waals surface area contributed by atoms with E-state index in [9.17, 15) is 19.5 Å². The van der Waals surface area contributed by atoms with Crippen molar-refractivity contribution in [3.05, 3.63) is 0 Å². The zero-order chi connectivity index (χ0) is 22.5. The van der Waals surface area contributed by atoms with Gasteiger partial charge in [-0.15, -0.1) is 0 Å². The molecule has 3 unspecified atom stereocenters. The molecule has 0 aromatic carbocycles. The normalized spacial score (nSPS) is 22.3. The van der Waals surface area contributed by atoms with Crippen molar-refractivity contribution in [2.24, 2.45) is 5.92 Å². The van der Waals surface area contributed by atoms with Crippen molar-refractivity contribution in [1.29, 1.82) is 0 Å². The number of nitrogens with zero attached hydrogens (tertiary/aromatic N) is 2. The molecule has 1 heterocycles. The van der Waals surface area contributed by atoms with Crippen LogP contribution in [0.15, 0.2) is 0 Å². The molecular weight excluding hydrogens is 386 g/mol. The molecule has 8 nitrogen and oxygen atoms in total. The fraction of sp³-hybridized carbons (Fsp3) is 0.864. The Labute approximate surface area is 180 Å². The lowest BCUT2D eigenvalue weighted by Crippen LogP contribution is -2.57. The predicted octanol–water partition coefficient (Wildman–Crippen LogP) is 2.29. The van der Waals surface area contributed by atoms with Crippen molar-refractivity contribution >= 4 is 17.9 Å². The number of aliphatic hydroxyl groups is 1. The Bertz CT molecular complexity index is 612. The second-order valence-corrected chi connectivity index (χ2v) is 9.66. The van der Waals surface area contributed by atoms with Crippen molar-refractivity contribution in [3.8, 4) is 0 Å². The van der Waals surface area contributed by atoms with Crippen LogP contribution in [-0.2, 0) is 14.3 Å². The Morgan fingerprint density at radius 2 is 1.77 bits per heavy atom. The van der Waals surface area contributed by atoms with Gasteiger partial charge in [-0.05, 0) is 59.3 Å². The summed E-state index contributed by atoms with van der Waals surface area (Å²) in [5.74, 6) is -0.403. The van der Waals surface area contributed by atoms with E-state index in [0.29, 0.717) is 6.54 Å². The molecular formula is C22H39N3O5. The molecule has 1 aliphatic carbocycles. The lowest BCUT2D eigenvalue weighted by molar-refractivity contribution is -0.140. The minimum absolute atomic E-state index is 0.0607. The summed E-state index contributed by atoms with van der Waals surface area (Å²) in [6.45, 7) is 7.50. The van der Waals surface area contributed by atoms with E-state index in [0.717, 1.165) is 44.9 Å². The molecule has 2 N–H and O–H groups in total. The van der Waals surface area contributed by atoms with Gasteiger partial charge in [0.15, 0.2) is 0 Å². The molecule has 8 heteroatoms. The highest BCUT2D eigenvalue weighted by molar-refractivity contribution is 5.91. The van der Waals surface area contributed by atoms with Gasteiger partial charge in [0.25, 0.3) is 0 Å². The molecule has 2 aliphatic rings. The standard InChI is InChI=1S/C22H39N3O5/c1-15(24(5)21(29)30-22(2,3)4)19(27)23-18(16-10-7-6-8-11-16)20(28)25-13-9-12-17(25)14-26/h15-18,26H,6-14H2,1-5H3,(H,23,27). The summed E-state index contributed by atoms with van der Waals surface area (Å²) in [6.07, 6.45) is 6.08. The van der Waals surface area contributed by atoms with Gasteiger partial charge in [-0.25, -0.2) is 4.79 Å². The maximum absolute atomic E-state index is 13.4. The monoisotopic (exact) mass is 425 g/mol. The molecule has 172 valence electrons. The maximum Gasteiger partial charge on any atom is 0.410 e. The molecule has 2 rings (SSSR count). The number of hydrogen-bond donors (Lipinski definition) is 2. The third-order valence-corrected chi connectivity index (χ3v) is 6.20. The third-order valence-electron chi connectivity index (χ3n) is 6.20. The van der Waals surface area contributed by atoms with Crippen LogP contribution in [0.4, 0.5) is 4.79 Å². The van der Waals surface area contributed by atoms with E-state index in [1.165, 1.54) is 11.9 Å². The molecule has 30 heavy (non-hydrogen) atoms. The zero-order valence-electron chi connectivity index (χ0n) is 19.1. The number of likely N-dealkylation sites (tertiary alicyclic amines) is 1. The van der Waals surface area contributed by atoms with Gasteiger partial charge in [-0.1, -0.05) is 19.3 Å². The highest BCUT2D eigenvalue weighted by Crippen LogP contribution is 2.29. The average molecular weight is 426 g/mol. The SMILES string of the molecule is CC(C(=O)NC(C(=O)N1CCCC1CO)C1CCCCC1)N(C)C(=O)OC(C)(C)C. The van der Waals surface area contributed by atoms with E-state index in [-0.39, 0.29) is 30.4 Å². The van der Waals surface area contributed by atoms with Gasteiger partial charge in [0.05, 0.1) is 12.6 Å². The molecule has 1 saturated heterocycles. The Kier molecular flexibility index (Phi) is 8.52. The molecule has 0 aromatic heterocycles. The molecule has 2 fully saturated rings. The van der Waals surface area contributed by atoms with Crippen LogP contribution < -0.4 is 5.32 Å². The van der Waals surface area contributed by atoms with E-state index in [2.05, 4.69) is 5.32 Å². The van der Waals surface area contributed by atoms with Crippen molar-refractivity contribution in [2.45, 2.75) is 96.4 Å². The van der Waals surface area contributed by atoms with Crippen molar-refractivity contribution in [3.63, 3.8) is 0 Å². The first kappa shape index (κ1) is 24.4. The largest absolute Gasteiger partial charge is 0.444 e. The van der Waals surface area contributed by atoms with Gasteiger partial charge in [0.2, 0.25) is 11.8 Å². The number of amides is 3. The minimum Gasteiger partial charge on any atom is -0.444 e. The topological polar surface area (TPSA) is 99.2 Å². The Balaban J connectivity index is 2.11. The van der Waals surface area contributed by atoms with Crippen molar-refractivity contribution in [1.82, 2.24) is 15.1 Å². The van der Waals surface area contributed by atoms with E-state index in [4.69, 9.17) is 4.74 Å². The molecule has 0 spiro atoms. The number of hydrogen-bond acceptors (Lipinski definition) is 5. The number of ether oxygens (including phenoxy) is 1. The van der Waals surface area contributed by atoms with Crippen LogP contribution in [0.1, 0.15) is 72.6 Å². The average Bonchev–Trinajstić information content (AvgIpc) is 3.18. The zero-order valence-corrected chi connectivity index (χ0v) is 19.1. The van der Waals surface area contributed by atoms with Crippen LogP contribution in [-0.4, -0.2) is 76.7 Å². The summed E-state index contributed by atoms with van der Waals surface area (Å²) in [7, 11) is 1.53. The molecule has 1 saturated carbocycles. The van der Waals surface area contributed by atoms with E-state index < -0.39 is 23.8 Å². The Hall–Kier alpha value is -1.83. The smallest absolute Gasteiger partial charge is 0.410 e. The first-order chi connectivity index (χ1) is 14.0. The van der Waals surface area contributed by atoms with Crippen LogP contribution >= 0.6 is 0 Å². The fourth-order valence-corrected chi connectivity index (χ4v) is 4.28. The van der Waals surface area contributed by atoms with Crippen LogP contribution in [0, 0.1) is 5.92 Å². The fourth-order valence-electron chi connectivity index (χ4n) is 4.28. The number of nitrogens with one attached hydrogen (secondary N) is 1. The molecule has 3 amide bonds. The van der Waals surface area contributed by atoms with Gasteiger partial charge in [0, 0.05) is 13.6 Å². The first-order valence-electron chi connectivity index (χ1n) is 11.2. The number of likely N-dealkylation sites (N-methyl/N-ethyl adjacent to an activating group) is 1. The van der Waals surface area contributed by atoms with Gasteiger partial charge < -0.3 is 20.1 Å². The van der Waals surface area contributed by atoms with Crippen LogP contribution in [0.3, 0.4) is 0 Å². The Morgan fingerprint density at radius 1 is 1.13 bits per heavy atom. The summed E-state index contributed by atoms with van der Waals surface area (Å²) in [5, 5.41) is 12.6. The van der Waals surface area contributed by atoms with Gasteiger partial charge in [-0.2, -0.15) is 0 Å². The lowest BCUT2D eigenvalue weighted by Gasteiger charge is -2.36. The highest BCUT2D eigenvalue weighted by atomic mass is 16.6. The summed E-state index contributed by atoms with van der Waals surface area (Å²) >= 11 is 0. The summed E-state index contributed by atoms with van der Waals surface area (Å²) in [6, 6.07) is -1.58. The van der Waals surface area contributed by atoms with Gasteiger partial charge >= 0.3 is 6.09 Å². The molecule has 3 atom stereocenters. The van der Waals surface area contributed by atoms with Crippen molar-refractivity contribution in [2.75, 3.05) is 20.2 Å². The molecule has 0 bridgehead atoms. The van der Waals surface area contributed by atoms with Gasteiger partial charge in [-0.3, -0.25) is 14.5 Å². The lowest BCUT2D eigenvalue weighted by atomic mass is 9.83. The number of carbonyl (C=O) groups excluding carboxylic acids is 3. The second-order valence-electron chi connectivity index (χ2n) is 9.66. The molecule has 0 radical (unpaired) electrons. The Morgan fingerprint density at radius 3 is 2.33 bits per heavy atom. The third kappa shape index (κ3) is 6.33. The van der Waals surface area contributed by atoms with E-state index >= 15 is 0 Å². The second kappa shape index (κ2) is 10.5. The molecule has 1 aliphatic heterocycles. The number of carbonyl (C=O) groups is 3. The highest BCUT2D eigenvalue weighted by Gasteiger charge is 2.39. The van der Waals surface area contributed by atoms with Crippen LogP contribution in [0.25, 0.3) is 0 Å². The molecule has 0 aromatic rings. The number of rotatable bonds is 6. The van der Waals surface area contributed by atoms with E-state index in [1.54, 1.807) is 32.6 Å². The quantitative estimate of drug-likeness (QED) is 0.680. The maximum atomic E-state index is 13.4. The van der Waals surface area contributed by atoms with Crippen LogP contribution in [0.5, 0.6) is 0 Å². The summed E-state index contributed by atoms with van der Waals surface area (Å²) in [4.78, 5) is 41.7. The predicted molar refractivity (Wildman–Crippen MR) is 114 cm³/mol. The first-order valence-corrected chi connectivity index (χ1v) is 11.2. The van der Waals surface area contributed by atoms with Gasteiger partial charge in [0.1, 0.15) is 17.7 Å². The summed E-state index contributed by atoms with van der Waals surface area (Å²) in [5.41, 5.74) is -0.656. The van der Waals surface area contributed by atoms with Crippen molar-refractivity contribution < 1.29 is 24.2 Å².